The Morgan fingerprint density at radius 3 is 2.35 bits per heavy atom. The lowest BCUT2D eigenvalue weighted by Crippen LogP contribution is -2.41. The lowest BCUT2D eigenvalue weighted by atomic mass is 9.75. The van der Waals surface area contributed by atoms with Crippen LogP contribution in [0.1, 0.15) is 25.3 Å². The highest BCUT2D eigenvalue weighted by Crippen LogP contribution is 2.34. The van der Waals surface area contributed by atoms with Crippen LogP contribution in [0.15, 0.2) is 35.3 Å². The lowest BCUT2D eigenvalue weighted by Gasteiger charge is -2.33. The number of aliphatic imine (C=N–C) groups is 1. The third-order valence-corrected chi connectivity index (χ3v) is 3.49. The molecular weight excluding hydrogens is 365 g/mol. The van der Waals surface area contributed by atoms with Crippen LogP contribution < -0.4 is 10.6 Å². The van der Waals surface area contributed by atoms with E-state index in [4.69, 9.17) is 0 Å². The molecule has 0 bridgehead atoms. The monoisotopic (exact) mass is 391 g/mol. The number of guanidine groups is 1. The van der Waals surface area contributed by atoms with Crippen LogP contribution in [-0.4, -0.2) is 38.3 Å². The van der Waals surface area contributed by atoms with E-state index >= 15 is 0 Å². The summed E-state index contributed by atoms with van der Waals surface area (Å²) in [6.45, 7) is 5.03. The molecule has 114 valence electrons. The van der Waals surface area contributed by atoms with Gasteiger partial charge in [-0.2, -0.15) is 0 Å². The van der Waals surface area contributed by atoms with Crippen LogP contribution in [0.25, 0.3) is 0 Å². The van der Waals surface area contributed by atoms with Gasteiger partial charge >= 0.3 is 0 Å². The number of nitrogens with one attached hydrogen (secondary N) is 2. The van der Waals surface area contributed by atoms with E-state index in [-0.39, 0.29) is 41.9 Å². The maximum Gasteiger partial charge on any atom is 0.190 e. The predicted molar refractivity (Wildman–Crippen MR) is 95.9 cm³/mol. The predicted octanol–water partition coefficient (Wildman–Crippen LogP) is 2.20. The van der Waals surface area contributed by atoms with Gasteiger partial charge in [-0.15, -0.1) is 24.0 Å². The van der Waals surface area contributed by atoms with Crippen molar-refractivity contribution in [3.8, 4) is 0 Å². The van der Waals surface area contributed by atoms with Crippen LogP contribution in [0.5, 0.6) is 0 Å². The molecule has 5 heteroatoms. The summed E-state index contributed by atoms with van der Waals surface area (Å²) in [5.41, 5.74) is 1.03. The van der Waals surface area contributed by atoms with Gasteiger partial charge in [0.05, 0.1) is 0 Å². The zero-order valence-corrected chi connectivity index (χ0v) is 15.0. The topological polar surface area (TPSA) is 56.7 Å². The van der Waals surface area contributed by atoms with E-state index in [1.54, 1.807) is 7.05 Å². The summed E-state index contributed by atoms with van der Waals surface area (Å²) in [4.78, 5) is 4.11. The molecule has 0 aliphatic rings. The van der Waals surface area contributed by atoms with Crippen LogP contribution in [0, 0.1) is 5.41 Å². The van der Waals surface area contributed by atoms with E-state index in [0.717, 1.165) is 12.5 Å². The van der Waals surface area contributed by atoms with Gasteiger partial charge < -0.3 is 15.7 Å². The molecule has 1 rings (SSSR count). The highest BCUT2D eigenvalue weighted by atomic mass is 127. The summed E-state index contributed by atoms with van der Waals surface area (Å²) in [7, 11) is 3.58. The van der Waals surface area contributed by atoms with Gasteiger partial charge in [0.15, 0.2) is 5.96 Å². The Balaban J connectivity index is 0.00000361. The summed E-state index contributed by atoms with van der Waals surface area (Å²) in [5, 5.41) is 15.9. The molecule has 0 saturated carbocycles. The second kappa shape index (κ2) is 9.18. The molecule has 0 saturated heterocycles. The van der Waals surface area contributed by atoms with Gasteiger partial charge in [-0.3, -0.25) is 4.99 Å². The minimum absolute atomic E-state index is 0. The molecule has 20 heavy (non-hydrogen) atoms. The van der Waals surface area contributed by atoms with E-state index in [9.17, 15) is 5.11 Å². The van der Waals surface area contributed by atoms with Gasteiger partial charge in [0.2, 0.25) is 0 Å². The second-order valence-electron chi connectivity index (χ2n) is 5.31. The van der Waals surface area contributed by atoms with Gasteiger partial charge in [0, 0.05) is 33.2 Å². The SMILES string of the molecule is CN=C(NC)NCC(c1ccccc1)C(C)(C)CO.I. The Morgan fingerprint density at radius 1 is 1.30 bits per heavy atom. The van der Waals surface area contributed by atoms with Gasteiger partial charge in [-0.25, -0.2) is 0 Å². The van der Waals surface area contributed by atoms with Crippen molar-refractivity contribution in [2.75, 3.05) is 27.2 Å². The molecule has 0 fully saturated rings. The van der Waals surface area contributed by atoms with E-state index < -0.39 is 0 Å². The molecule has 3 N–H and O–H groups in total. The fourth-order valence-corrected chi connectivity index (χ4v) is 2.12. The van der Waals surface area contributed by atoms with Gasteiger partial charge in [0.25, 0.3) is 0 Å². The minimum Gasteiger partial charge on any atom is -0.396 e. The van der Waals surface area contributed by atoms with Gasteiger partial charge in [-0.05, 0) is 11.0 Å². The molecule has 0 heterocycles. The van der Waals surface area contributed by atoms with E-state index in [2.05, 4.69) is 41.6 Å². The fraction of sp³-hybridized carbons (Fsp3) is 0.533. The van der Waals surface area contributed by atoms with Crippen LogP contribution in [-0.2, 0) is 0 Å². The summed E-state index contributed by atoms with van der Waals surface area (Å²) in [6.07, 6.45) is 0. The largest absolute Gasteiger partial charge is 0.396 e. The molecule has 0 radical (unpaired) electrons. The molecule has 1 atom stereocenters. The molecule has 0 amide bonds. The number of benzene rings is 1. The fourth-order valence-electron chi connectivity index (χ4n) is 2.12. The normalized spacial score (nSPS) is 13.3. The average molecular weight is 391 g/mol. The van der Waals surface area contributed by atoms with Crippen molar-refractivity contribution < 1.29 is 5.11 Å². The zero-order chi connectivity index (χ0) is 14.3. The van der Waals surface area contributed by atoms with Gasteiger partial charge in [-0.1, -0.05) is 44.2 Å². The van der Waals surface area contributed by atoms with Crippen LogP contribution in [0.2, 0.25) is 0 Å². The number of nitrogens with zero attached hydrogens (tertiary/aromatic N) is 1. The van der Waals surface area contributed by atoms with Crippen molar-refractivity contribution in [3.63, 3.8) is 0 Å². The Hall–Kier alpha value is -0.820. The average Bonchev–Trinajstić information content (AvgIpc) is 2.44. The number of rotatable bonds is 5. The molecule has 1 unspecified atom stereocenters. The Morgan fingerprint density at radius 2 is 1.90 bits per heavy atom. The summed E-state index contributed by atoms with van der Waals surface area (Å²) >= 11 is 0. The number of hydrogen-bond acceptors (Lipinski definition) is 2. The maximum atomic E-state index is 9.63. The Kier molecular flexibility index (Phi) is 8.80. The number of aliphatic hydroxyl groups is 1. The lowest BCUT2D eigenvalue weighted by molar-refractivity contribution is 0.131. The molecule has 0 aliphatic heterocycles. The van der Waals surface area contributed by atoms with Crippen molar-refractivity contribution in [1.29, 1.82) is 0 Å². The molecule has 1 aromatic carbocycles. The van der Waals surface area contributed by atoms with Crippen molar-refractivity contribution >= 4 is 29.9 Å². The molecule has 4 nitrogen and oxygen atoms in total. The summed E-state index contributed by atoms with van der Waals surface area (Å²) < 4.78 is 0. The smallest absolute Gasteiger partial charge is 0.190 e. The Labute approximate surface area is 139 Å². The second-order valence-corrected chi connectivity index (χ2v) is 5.31. The highest BCUT2D eigenvalue weighted by Gasteiger charge is 2.30. The van der Waals surface area contributed by atoms with Crippen molar-refractivity contribution in [3.05, 3.63) is 35.9 Å². The van der Waals surface area contributed by atoms with Crippen LogP contribution >= 0.6 is 24.0 Å². The van der Waals surface area contributed by atoms with E-state index in [0.29, 0.717) is 0 Å². The first-order chi connectivity index (χ1) is 9.05. The first-order valence-corrected chi connectivity index (χ1v) is 6.59. The van der Waals surface area contributed by atoms with Crippen LogP contribution in [0.4, 0.5) is 0 Å². The van der Waals surface area contributed by atoms with E-state index in [1.807, 2.05) is 25.2 Å². The first kappa shape index (κ1) is 19.2. The summed E-state index contributed by atoms with van der Waals surface area (Å²) in [6, 6.07) is 10.3. The quantitative estimate of drug-likeness (QED) is 0.410. The van der Waals surface area contributed by atoms with Gasteiger partial charge in [0.1, 0.15) is 0 Å². The van der Waals surface area contributed by atoms with Crippen molar-refractivity contribution in [2.24, 2.45) is 10.4 Å². The molecule has 0 spiro atoms. The van der Waals surface area contributed by atoms with Crippen LogP contribution in [0.3, 0.4) is 0 Å². The zero-order valence-electron chi connectivity index (χ0n) is 12.7. The third-order valence-electron chi connectivity index (χ3n) is 3.49. The van der Waals surface area contributed by atoms with Crippen molar-refractivity contribution in [2.45, 2.75) is 19.8 Å². The summed E-state index contributed by atoms with van der Waals surface area (Å²) in [5.74, 6) is 0.971. The number of aliphatic hydroxyl groups excluding tert-OH is 1. The molecule has 1 aromatic rings. The molecular formula is C15H26IN3O. The number of hydrogen-bond donors (Lipinski definition) is 3. The Bertz CT molecular complexity index is 407. The maximum absolute atomic E-state index is 9.63. The minimum atomic E-state index is -0.194. The molecule has 0 aromatic heterocycles. The van der Waals surface area contributed by atoms with Crippen molar-refractivity contribution in [1.82, 2.24) is 10.6 Å². The number of halogens is 1. The first-order valence-electron chi connectivity index (χ1n) is 6.59. The standard InChI is InChI=1S/C15H25N3O.HI/c1-15(2,11-19)13(10-18-14(16-3)17-4)12-8-6-5-7-9-12;/h5-9,13,19H,10-11H2,1-4H3,(H2,16,17,18);1H. The molecule has 0 aliphatic carbocycles. The van der Waals surface area contributed by atoms with E-state index in [1.165, 1.54) is 5.56 Å². The third kappa shape index (κ3) is 5.28. The highest BCUT2D eigenvalue weighted by molar-refractivity contribution is 14.0.